The molecular weight excluding hydrogens is 396 g/mol. The molecule has 0 amide bonds. The van der Waals surface area contributed by atoms with Crippen molar-refractivity contribution in [2.24, 2.45) is 23.2 Å². The van der Waals surface area contributed by atoms with Crippen LogP contribution in [0.25, 0.3) is 0 Å². The third kappa shape index (κ3) is 7.05. The van der Waals surface area contributed by atoms with Crippen LogP contribution in [0.1, 0.15) is 105 Å². The molecule has 2 fully saturated rings. The van der Waals surface area contributed by atoms with Gasteiger partial charge in [0.1, 0.15) is 0 Å². The summed E-state index contributed by atoms with van der Waals surface area (Å²) >= 11 is 0. The second kappa shape index (κ2) is 12.0. The lowest BCUT2D eigenvalue weighted by atomic mass is 9.58. The Kier molecular flexibility index (Phi) is 10.2. The molecule has 0 aromatic heterocycles. The minimum absolute atomic E-state index is 0.253. The highest BCUT2D eigenvalue weighted by Gasteiger charge is 2.41. The van der Waals surface area contributed by atoms with Crippen molar-refractivity contribution in [1.29, 1.82) is 0 Å². The number of hydrogen-bond donors (Lipinski definition) is 3. The predicted molar refractivity (Wildman–Crippen MR) is 135 cm³/mol. The Labute approximate surface area is 197 Å². The molecule has 2 aliphatic rings. The molecule has 184 valence electrons. The summed E-state index contributed by atoms with van der Waals surface area (Å²) in [5.74, 6) is 1.94. The summed E-state index contributed by atoms with van der Waals surface area (Å²) in [5, 5.41) is 30.6. The SMILES string of the molecule is C=C1/C(=C\C=C\[C@H]2CCC[C@H]([C@H](C)CCCCC(O)(CC)CC)C2(C)C)C[C@@H](O)C[C@@H]1O. The van der Waals surface area contributed by atoms with E-state index >= 15 is 0 Å². The lowest BCUT2D eigenvalue weighted by Gasteiger charge is -2.47. The average molecular weight is 447 g/mol. The van der Waals surface area contributed by atoms with Crippen molar-refractivity contribution in [3.05, 3.63) is 36.0 Å². The van der Waals surface area contributed by atoms with Crippen LogP contribution < -0.4 is 0 Å². The van der Waals surface area contributed by atoms with Crippen LogP contribution in [0.15, 0.2) is 36.0 Å². The van der Waals surface area contributed by atoms with Gasteiger partial charge in [-0.25, -0.2) is 0 Å². The molecule has 0 spiro atoms. The normalized spacial score (nSPS) is 31.4. The summed E-state index contributed by atoms with van der Waals surface area (Å²) in [7, 11) is 0. The molecule has 32 heavy (non-hydrogen) atoms. The van der Waals surface area contributed by atoms with E-state index in [0.29, 0.717) is 30.6 Å². The highest BCUT2D eigenvalue weighted by molar-refractivity contribution is 5.37. The van der Waals surface area contributed by atoms with Crippen LogP contribution in [0.4, 0.5) is 0 Å². The molecule has 0 unspecified atom stereocenters. The molecule has 0 radical (unpaired) electrons. The van der Waals surface area contributed by atoms with E-state index in [2.05, 4.69) is 59.4 Å². The molecule has 3 nitrogen and oxygen atoms in total. The van der Waals surface area contributed by atoms with Crippen LogP contribution in [-0.4, -0.2) is 33.1 Å². The van der Waals surface area contributed by atoms with Crippen molar-refractivity contribution >= 4 is 0 Å². The molecule has 0 aliphatic heterocycles. The maximum atomic E-state index is 10.5. The van der Waals surface area contributed by atoms with Crippen molar-refractivity contribution < 1.29 is 15.3 Å². The van der Waals surface area contributed by atoms with E-state index in [1.165, 1.54) is 32.1 Å². The fourth-order valence-corrected chi connectivity index (χ4v) is 6.23. The summed E-state index contributed by atoms with van der Waals surface area (Å²) in [6.07, 6.45) is 16.4. The second-order valence-corrected chi connectivity index (χ2v) is 11.3. The number of rotatable bonds is 10. The quantitative estimate of drug-likeness (QED) is 0.326. The van der Waals surface area contributed by atoms with Crippen LogP contribution >= 0.6 is 0 Å². The highest BCUT2D eigenvalue weighted by Crippen LogP contribution is 2.50. The summed E-state index contributed by atoms with van der Waals surface area (Å²) in [6, 6.07) is 0. The van der Waals surface area contributed by atoms with Gasteiger partial charge in [-0.3, -0.25) is 0 Å². The van der Waals surface area contributed by atoms with Crippen LogP contribution in [0.5, 0.6) is 0 Å². The molecule has 0 aromatic rings. The van der Waals surface area contributed by atoms with Crippen LogP contribution in [0.2, 0.25) is 0 Å². The molecule has 5 atom stereocenters. The Morgan fingerprint density at radius 2 is 1.84 bits per heavy atom. The van der Waals surface area contributed by atoms with Crippen LogP contribution in [0.3, 0.4) is 0 Å². The number of aliphatic hydroxyl groups excluding tert-OH is 2. The first kappa shape index (κ1) is 27.3. The molecule has 0 bridgehead atoms. The standard InChI is InChI=1S/C29H50O3/c1-7-29(32,8-2)18-10-9-13-21(3)26-17-12-16-24(28(26,5)6)15-11-14-23-19-25(30)20-27(31)22(23)4/h11,14-15,21,24-27,30-32H,4,7-10,12-13,16-20H2,1-3,5-6H3/b15-11+,23-14-/t21-,24+,25-,26-,27+/m1/s1. The Bertz CT molecular complexity index is 655. The van der Waals surface area contributed by atoms with Gasteiger partial charge in [0.2, 0.25) is 0 Å². The van der Waals surface area contributed by atoms with Crippen molar-refractivity contribution in [1.82, 2.24) is 0 Å². The van der Waals surface area contributed by atoms with Crippen molar-refractivity contribution in [3.63, 3.8) is 0 Å². The van der Waals surface area contributed by atoms with Gasteiger partial charge in [-0.15, -0.1) is 0 Å². The van der Waals surface area contributed by atoms with Gasteiger partial charge in [0.05, 0.1) is 17.8 Å². The number of hydrogen-bond acceptors (Lipinski definition) is 3. The molecule has 0 heterocycles. The molecule has 3 heteroatoms. The van der Waals surface area contributed by atoms with Crippen molar-refractivity contribution in [3.8, 4) is 0 Å². The predicted octanol–water partition coefficient (Wildman–Crippen LogP) is 6.73. The van der Waals surface area contributed by atoms with Gasteiger partial charge in [-0.1, -0.05) is 85.1 Å². The summed E-state index contributed by atoms with van der Waals surface area (Å²) in [5.41, 5.74) is 1.52. The van der Waals surface area contributed by atoms with Gasteiger partial charge in [0.15, 0.2) is 0 Å². The summed E-state index contributed by atoms with van der Waals surface area (Å²) in [6.45, 7) is 15.5. The van der Waals surface area contributed by atoms with Crippen molar-refractivity contribution in [2.75, 3.05) is 0 Å². The summed E-state index contributed by atoms with van der Waals surface area (Å²) in [4.78, 5) is 0. The average Bonchev–Trinajstić information content (AvgIpc) is 2.75. The van der Waals surface area contributed by atoms with E-state index in [1.807, 2.05) is 0 Å². The molecular formula is C29H50O3. The van der Waals surface area contributed by atoms with E-state index in [4.69, 9.17) is 0 Å². The first-order valence-corrected chi connectivity index (χ1v) is 13.2. The van der Waals surface area contributed by atoms with E-state index in [-0.39, 0.29) is 5.41 Å². The van der Waals surface area contributed by atoms with E-state index in [9.17, 15) is 15.3 Å². The first-order valence-electron chi connectivity index (χ1n) is 13.2. The Hall–Kier alpha value is -0.900. The van der Waals surface area contributed by atoms with Gasteiger partial charge in [0, 0.05) is 6.42 Å². The lowest BCUT2D eigenvalue weighted by Crippen LogP contribution is -2.39. The smallest absolute Gasteiger partial charge is 0.0811 e. The minimum Gasteiger partial charge on any atom is -0.393 e. The van der Waals surface area contributed by atoms with E-state index < -0.39 is 17.8 Å². The van der Waals surface area contributed by atoms with E-state index in [0.717, 1.165) is 36.8 Å². The number of aliphatic hydroxyl groups is 3. The lowest BCUT2D eigenvalue weighted by molar-refractivity contribution is 0.0185. The fraction of sp³-hybridized carbons (Fsp3) is 0.793. The molecule has 3 N–H and O–H groups in total. The zero-order valence-electron chi connectivity index (χ0n) is 21.4. The molecule has 2 aliphatic carbocycles. The maximum absolute atomic E-state index is 10.5. The van der Waals surface area contributed by atoms with Gasteiger partial charge in [-0.05, 0) is 72.8 Å². The maximum Gasteiger partial charge on any atom is 0.0811 e. The minimum atomic E-state index is -0.625. The highest BCUT2D eigenvalue weighted by atomic mass is 16.3. The summed E-state index contributed by atoms with van der Waals surface area (Å²) < 4.78 is 0. The zero-order chi connectivity index (χ0) is 23.9. The molecule has 0 aromatic carbocycles. The Morgan fingerprint density at radius 3 is 2.50 bits per heavy atom. The van der Waals surface area contributed by atoms with Gasteiger partial charge >= 0.3 is 0 Å². The fourth-order valence-electron chi connectivity index (χ4n) is 6.23. The van der Waals surface area contributed by atoms with Gasteiger partial charge < -0.3 is 15.3 Å². The monoisotopic (exact) mass is 446 g/mol. The van der Waals surface area contributed by atoms with E-state index in [1.54, 1.807) is 0 Å². The number of unbranched alkanes of at least 4 members (excludes halogenated alkanes) is 1. The van der Waals surface area contributed by atoms with Gasteiger partial charge in [-0.2, -0.15) is 0 Å². The molecule has 2 saturated carbocycles. The molecule has 0 saturated heterocycles. The largest absolute Gasteiger partial charge is 0.393 e. The first-order chi connectivity index (χ1) is 15.0. The third-order valence-electron chi connectivity index (χ3n) is 8.90. The topological polar surface area (TPSA) is 60.7 Å². The van der Waals surface area contributed by atoms with Crippen LogP contribution in [0, 0.1) is 23.2 Å². The van der Waals surface area contributed by atoms with Crippen LogP contribution in [-0.2, 0) is 0 Å². The zero-order valence-corrected chi connectivity index (χ0v) is 21.4. The molecule has 2 rings (SSSR count). The number of allylic oxidation sites excluding steroid dienone is 3. The van der Waals surface area contributed by atoms with Crippen molar-refractivity contribution in [2.45, 2.75) is 123 Å². The second-order valence-electron chi connectivity index (χ2n) is 11.3. The Balaban J connectivity index is 1.94. The Morgan fingerprint density at radius 1 is 1.16 bits per heavy atom. The van der Waals surface area contributed by atoms with Gasteiger partial charge in [0.25, 0.3) is 0 Å². The third-order valence-corrected chi connectivity index (χ3v) is 8.90.